The summed E-state index contributed by atoms with van der Waals surface area (Å²) in [6.45, 7) is 5.85. The number of aromatic nitrogens is 1. The summed E-state index contributed by atoms with van der Waals surface area (Å²) in [6.07, 6.45) is -0.0782. The van der Waals surface area contributed by atoms with Gasteiger partial charge in [0.1, 0.15) is 5.15 Å². The molecule has 5 nitrogen and oxygen atoms in total. The average Bonchev–Trinajstić information content (AvgIpc) is 2.16. The standard InChI is InChI=1S/C10H13ClN2O3/c1-6(2)7(3)16-10-5-8(13(14)15)4-9(11)12-10/h4-7H,1-3H3. The lowest BCUT2D eigenvalue weighted by atomic mass is 10.1. The normalized spacial score (nSPS) is 12.6. The lowest BCUT2D eigenvalue weighted by Crippen LogP contribution is -2.19. The number of nitro groups is 1. The molecule has 0 saturated carbocycles. The van der Waals surface area contributed by atoms with Crippen LogP contribution in [0.2, 0.25) is 5.15 Å². The molecule has 1 unspecified atom stereocenters. The quantitative estimate of drug-likeness (QED) is 0.464. The predicted octanol–water partition coefficient (Wildman–Crippen LogP) is 3.07. The molecule has 1 aromatic heterocycles. The number of ether oxygens (including phenoxy) is 1. The second-order valence-corrected chi connectivity index (χ2v) is 4.20. The minimum Gasteiger partial charge on any atom is -0.474 e. The van der Waals surface area contributed by atoms with E-state index in [0.29, 0.717) is 5.92 Å². The van der Waals surface area contributed by atoms with Crippen molar-refractivity contribution in [2.75, 3.05) is 0 Å². The maximum absolute atomic E-state index is 10.6. The molecule has 16 heavy (non-hydrogen) atoms. The van der Waals surface area contributed by atoms with Crippen molar-refractivity contribution < 1.29 is 9.66 Å². The Kier molecular flexibility index (Phi) is 4.06. The summed E-state index contributed by atoms with van der Waals surface area (Å²) in [5.74, 6) is 0.472. The summed E-state index contributed by atoms with van der Waals surface area (Å²) in [5, 5.41) is 10.6. The molecule has 0 amide bonds. The maximum Gasteiger partial charge on any atom is 0.277 e. The Hall–Kier alpha value is -1.36. The molecule has 0 fully saturated rings. The van der Waals surface area contributed by atoms with E-state index in [2.05, 4.69) is 4.98 Å². The zero-order valence-electron chi connectivity index (χ0n) is 9.31. The molecule has 1 aromatic rings. The molecule has 0 aromatic carbocycles. The molecule has 0 radical (unpaired) electrons. The lowest BCUT2D eigenvalue weighted by molar-refractivity contribution is -0.385. The molecule has 1 rings (SSSR count). The zero-order chi connectivity index (χ0) is 12.3. The van der Waals surface area contributed by atoms with Gasteiger partial charge in [-0.05, 0) is 12.8 Å². The monoisotopic (exact) mass is 244 g/mol. The van der Waals surface area contributed by atoms with Crippen molar-refractivity contribution in [2.45, 2.75) is 26.9 Å². The topological polar surface area (TPSA) is 65.3 Å². The average molecular weight is 245 g/mol. The first-order chi connectivity index (χ1) is 7.40. The zero-order valence-corrected chi connectivity index (χ0v) is 10.1. The van der Waals surface area contributed by atoms with Gasteiger partial charge in [0.25, 0.3) is 5.69 Å². The highest BCUT2D eigenvalue weighted by atomic mass is 35.5. The molecular weight excluding hydrogens is 232 g/mol. The molecule has 0 N–H and O–H groups in total. The molecule has 0 aliphatic heterocycles. The van der Waals surface area contributed by atoms with E-state index in [0.717, 1.165) is 0 Å². The molecule has 0 aliphatic carbocycles. The number of halogens is 1. The Morgan fingerprint density at radius 1 is 1.44 bits per heavy atom. The predicted molar refractivity (Wildman–Crippen MR) is 60.8 cm³/mol. The Morgan fingerprint density at radius 3 is 2.56 bits per heavy atom. The van der Waals surface area contributed by atoms with E-state index >= 15 is 0 Å². The highest BCUT2D eigenvalue weighted by Gasteiger charge is 2.14. The third-order valence-corrected chi connectivity index (χ3v) is 2.41. The van der Waals surface area contributed by atoms with Crippen molar-refractivity contribution in [3.8, 4) is 5.88 Å². The van der Waals surface area contributed by atoms with Gasteiger partial charge in [-0.1, -0.05) is 25.4 Å². The SMILES string of the molecule is CC(C)C(C)Oc1cc([N+](=O)[O-])cc(Cl)n1. The van der Waals surface area contributed by atoms with Crippen LogP contribution in [0.25, 0.3) is 0 Å². The summed E-state index contributed by atoms with van der Waals surface area (Å²) in [6, 6.07) is 2.46. The van der Waals surface area contributed by atoms with Crippen molar-refractivity contribution in [1.82, 2.24) is 4.98 Å². The second kappa shape index (κ2) is 5.12. The van der Waals surface area contributed by atoms with Gasteiger partial charge in [-0.15, -0.1) is 0 Å². The summed E-state index contributed by atoms with van der Waals surface area (Å²) in [4.78, 5) is 13.9. The molecule has 1 heterocycles. The largest absolute Gasteiger partial charge is 0.474 e. The third-order valence-electron chi connectivity index (χ3n) is 2.21. The van der Waals surface area contributed by atoms with Gasteiger partial charge < -0.3 is 4.74 Å². The van der Waals surface area contributed by atoms with E-state index in [9.17, 15) is 10.1 Å². The number of hydrogen-bond donors (Lipinski definition) is 0. The smallest absolute Gasteiger partial charge is 0.277 e. The van der Waals surface area contributed by atoms with E-state index in [1.54, 1.807) is 0 Å². The first kappa shape index (κ1) is 12.7. The Bertz CT molecular complexity index is 396. The van der Waals surface area contributed by atoms with Crippen LogP contribution in [-0.2, 0) is 0 Å². The van der Waals surface area contributed by atoms with Gasteiger partial charge in [0, 0.05) is 0 Å². The molecule has 1 atom stereocenters. The van der Waals surface area contributed by atoms with Gasteiger partial charge >= 0.3 is 0 Å². The molecule has 88 valence electrons. The van der Waals surface area contributed by atoms with Crippen molar-refractivity contribution in [2.24, 2.45) is 5.92 Å². The van der Waals surface area contributed by atoms with Crippen LogP contribution in [0, 0.1) is 16.0 Å². The van der Waals surface area contributed by atoms with Crippen molar-refractivity contribution in [1.29, 1.82) is 0 Å². The van der Waals surface area contributed by atoms with Crippen LogP contribution in [0.1, 0.15) is 20.8 Å². The van der Waals surface area contributed by atoms with E-state index in [1.807, 2.05) is 20.8 Å². The van der Waals surface area contributed by atoms with Gasteiger partial charge in [-0.2, -0.15) is 0 Å². The highest BCUT2D eigenvalue weighted by molar-refractivity contribution is 6.29. The Balaban J connectivity index is 2.92. The van der Waals surface area contributed by atoms with Crippen LogP contribution in [-0.4, -0.2) is 16.0 Å². The van der Waals surface area contributed by atoms with Gasteiger partial charge in [-0.3, -0.25) is 10.1 Å². The number of nitrogens with zero attached hydrogens (tertiary/aromatic N) is 2. The Morgan fingerprint density at radius 2 is 2.06 bits per heavy atom. The van der Waals surface area contributed by atoms with Crippen LogP contribution >= 0.6 is 11.6 Å². The van der Waals surface area contributed by atoms with Gasteiger partial charge in [0.15, 0.2) is 0 Å². The highest BCUT2D eigenvalue weighted by Crippen LogP contribution is 2.23. The fraction of sp³-hybridized carbons (Fsp3) is 0.500. The van der Waals surface area contributed by atoms with Crippen LogP contribution in [0.15, 0.2) is 12.1 Å². The van der Waals surface area contributed by atoms with Gasteiger partial charge in [-0.25, -0.2) is 4.98 Å². The van der Waals surface area contributed by atoms with Crippen molar-refractivity contribution in [3.05, 3.63) is 27.4 Å². The first-order valence-electron chi connectivity index (χ1n) is 4.88. The van der Waals surface area contributed by atoms with Crippen molar-refractivity contribution in [3.63, 3.8) is 0 Å². The second-order valence-electron chi connectivity index (χ2n) is 3.81. The number of pyridine rings is 1. The third kappa shape index (κ3) is 3.34. The molecule has 0 spiro atoms. The number of hydrogen-bond acceptors (Lipinski definition) is 4. The van der Waals surface area contributed by atoms with E-state index in [4.69, 9.17) is 16.3 Å². The minimum absolute atomic E-state index is 0.0557. The van der Waals surface area contributed by atoms with Crippen LogP contribution in [0.3, 0.4) is 0 Å². The first-order valence-corrected chi connectivity index (χ1v) is 5.26. The van der Waals surface area contributed by atoms with Gasteiger partial charge in [0.2, 0.25) is 5.88 Å². The summed E-state index contributed by atoms with van der Waals surface area (Å²) >= 11 is 5.66. The molecule has 6 heteroatoms. The molecule has 0 bridgehead atoms. The lowest BCUT2D eigenvalue weighted by Gasteiger charge is -2.16. The minimum atomic E-state index is -0.527. The van der Waals surface area contributed by atoms with E-state index in [-0.39, 0.29) is 22.8 Å². The van der Waals surface area contributed by atoms with Crippen LogP contribution < -0.4 is 4.74 Å². The maximum atomic E-state index is 10.6. The summed E-state index contributed by atoms with van der Waals surface area (Å²) < 4.78 is 5.45. The summed E-state index contributed by atoms with van der Waals surface area (Å²) in [5.41, 5.74) is -0.119. The van der Waals surface area contributed by atoms with Crippen LogP contribution in [0.4, 0.5) is 5.69 Å². The number of rotatable bonds is 4. The van der Waals surface area contributed by atoms with Crippen molar-refractivity contribution >= 4 is 17.3 Å². The molecule has 0 saturated heterocycles. The summed E-state index contributed by atoms with van der Waals surface area (Å²) in [7, 11) is 0. The fourth-order valence-corrected chi connectivity index (χ4v) is 1.15. The van der Waals surface area contributed by atoms with Gasteiger partial charge in [0.05, 0.1) is 23.2 Å². The Labute approximate surface area is 98.5 Å². The van der Waals surface area contributed by atoms with E-state index < -0.39 is 4.92 Å². The molecule has 0 aliphatic rings. The van der Waals surface area contributed by atoms with Crippen LogP contribution in [0.5, 0.6) is 5.88 Å². The fourth-order valence-electron chi connectivity index (χ4n) is 0.952. The van der Waals surface area contributed by atoms with E-state index in [1.165, 1.54) is 12.1 Å². The molecular formula is C10H13ClN2O3.